The Balaban J connectivity index is 2.05. The smallest absolute Gasteiger partial charge is 0.233 e. The molecule has 2 heterocycles. The molecule has 2 aliphatic heterocycles. The van der Waals surface area contributed by atoms with Crippen LogP contribution in [0.25, 0.3) is 0 Å². The lowest BCUT2D eigenvalue weighted by Gasteiger charge is -2.34. The van der Waals surface area contributed by atoms with Gasteiger partial charge in [0.2, 0.25) is 11.8 Å². The van der Waals surface area contributed by atoms with Crippen LogP contribution in [0.4, 0.5) is 0 Å². The van der Waals surface area contributed by atoms with Crippen molar-refractivity contribution in [1.29, 1.82) is 0 Å². The number of nitrogens with zero attached hydrogens (tertiary/aromatic N) is 1. The predicted octanol–water partition coefficient (Wildman–Crippen LogP) is 1.08. The molecule has 2 amide bonds. The Labute approximate surface area is 102 Å². The third kappa shape index (κ3) is 2.75. The molecule has 0 aromatic heterocycles. The molecule has 1 fully saturated rings. The standard InChI is InChI=1S/C13H20N2O2/c1-9(2)15-7-3-4-10(8-15)11-5-6-12(16)14-13(11)17/h4,9,11H,3,5-8H2,1-2H3,(H,14,16,17). The summed E-state index contributed by atoms with van der Waals surface area (Å²) in [6, 6.07) is 0.506. The second-order valence-corrected chi connectivity index (χ2v) is 5.14. The summed E-state index contributed by atoms with van der Waals surface area (Å²) in [5, 5.41) is 2.43. The van der Waals surface area contributed by atoms with Gasteiger partial charge in [-0.1, -0.05) is 6.08 Å². The van der Waals surface area contributed by atoms with Gasteiger partial charge in [0, 0.05) is 25.6 Å². The molecule has 0 saturated carbocycles. The van der Waals surface area contributed by atoms with Crippen LogP contribution < -0.4 is 5.32 Å². The fourth-order valence-corrected chi connectivity index (χ4v) is 2.53. The van der Waals surface area contributed by atoms with Crippen LogP contribution in [-0.4, -0.2) is 35.8 Å². The molecule has 2 aliphatic rings. The Hall–Kier alpha value is -1.16. The predicted molar refractivity (Wildman–Crippen MR) is 65.3 cm³/mol. The lowest BCUT2D eigenvalue weighted by atomic mass is 9.87. The minimum atomic E-state index is -0.136. The van der Waals surface area contributed by atoms with Crippen molar-refractivity contribution in [2.45, 2.75) is 39.2 Å². The Morgan fingerprint density at radius 1 is 1.41 bits per heavy atom. The number of carbonyl (C=O) groups excluding carboxylic acids is 2. The van der Waals surface area contributed by atoms with E-state index in [1.807, 2.05) is 0 Å². The number of hydrogen-bond donors (Lipinski definition) is 1. The second kappa shape index (κ2) is 5.00. The summed E-state index contributed by atoms with van der Waals surface area (Å²) in [5.41, 5.74) is 1.19. The van der Waals surface area contributed by atoms with Gasteiger partial charge >= 0.3 is 0 Å². The van der Waals surface area contributed by atoms with E-state index in [-0.39, 0.29) is 17.7 Å². The van der Waals surface area contributed by atoms with E-state index in [0.717, 1.165) is 19.5 Å². The number of amides is 2. The highest BCUT2D eigenvalue weighted by molar-refractivity contribution is 5.99. The minimum Gasteiger partial charge on any atom is -0.297 e. The van der Waals surface area contributed by atoms with Crippen molar-refractivity contribution in [2.24, 2.45) is 5.92 Å². The van der Waals surface area contributed by atoms with Gasteiger partial charge in [-0.25, -0.2) is 0 Å². The van der Waals surface area contributed by atoms with Crippen molar-refractivity contribution in [2.75, 3.05) is 13.1 Å². The van der Waals surface area contributed by atoms with Gasteiger partial charge in [-0.2, -0.15) is 0 Å². The van der Waals surface area contributed by atoms with Gasteiger partial charge in [-0.05, 0) is 32.3 Å². The van der Waals surface area contributed by atoms with E-state index in [2.05, 4.69) is 30.1 Å². The van der Waals surface area contributed by atoms with Crippen molar-refractivity contribution in [3.63, 3.8) is 0 Å². The van der Waals surface area contributed by atoms with E-state index in [0.29, 0.717) is 18.9 Å². The largest absolute Gasteiger partial charge is 0.297 e. The average molecular weight is 236 g/mol. The molecular weight excluding hydrogens is 216 g/mol. The summed E-state index contributed by atoms with van der Waals surface area (Å²) in [5.74, 6) is -0.337. The summed E-state index contributed by atoms with van der Waals surface area (Å²) >= 11 is 0. The number of piperidine rings is 1. The molecule has 2 rings (SSSR count). The molecule has 4 heteroatoms. The Bertz CT molecular complexity index is 360. The normalized spacial score (nSPS) is 27.0. The molecule has 1 saturated heterocycles. The van der Waals surface area contributed by atoms with Crippen LogP contribution in [0.3, 0.4) is 0 Å². The summed E-state index contributed by atoms with van der Waals surface area (Å²) in [4.78, 5) is 25.3. The van der Waals surface area contributed by atoms with Gasteiger partial charge in [-0.15, -0.1) is 0 Å². The van der Waals surface area contributed by atoms with Crippen LogP contribution in [0.1, 0.15) is 33.1 Å². The number of carbonyl (C=O) groups is 2. The van der Waals surface area contributed by atoms with Crippen LogP contribution in [0.2, 0.25) is 0 Å². The molecule has 0 aromatic rings. The maximum atomic E-state index is 11.8. The van der Waals surface area contributed by atoms with Crippen molar-refractivity contribution in [3.05, 3.63) is 11.6 Å². The fraction of sp³-hybridized carbons (Fsp3) is 0.692. The zero-order valence-corrected chi connectivity index (χ0v) is 10.5. The van der Waals surface area contributed by atoms with Crippen LogP contribution >= 0.6 is 0 Å². The molecule has 1 unspecified atom stereocenters. The van der Waals surface area contributed by atoms with Crippen molar-refractivity contribution in [1.82, 2.24) is 10.2 Å². The third-order valence-electron chi connectivity index (χ3n) is 3.63. The monoisotopic (exact) mass is 236 g/mol. The Morgan fingerprint density at radius 2 is 2.18 bits per heavy atom. The van der Waals surface area contributed by atoms with Gasteiger partial charge in [0.25, 0.3) is 0 Å². The van der Waals surface area contributed by atoms with Gasteiger partial charge in [0.05, 0.1) is 5.92 Å². The first kappa shape index (κ1) is 12.3. The van der Waals surface area contributed by atoms with Crippen LogP contribution in [-0.2, 0) is 9.59 Å². The third-order valence-corrected chi connectivity index (χ3v) is 3.63. The molecule has 0 spiro atoms. The number of rotatable bonds is 2. The first-order valence-corrected chi connectivity index (χ1v) is 6.34. The summed E-state index contributed by atoms with van der Waals surface area (Å²) in [6.07, 6.45) is 4.32. The van der Waals surface area contributed by atoms with E-state index in [1.165, 1.54) is 5.57 Å². The molecule has 0 radical (unpaired) electrons. The highest BCUT2D eigenvalue weighted by Crippen LogP contribution is 2.25. The lowest BCUT2D eigenvalue weighted by molar-refractivity contribution is -0.135. The van der Waals surface area contributed by atoms with E-state index >= 15 is 0 Å². The molecule has 1 N–H and O–H groups in total. The first-order chi connectivity index (χ1) is 8.08. The van der Waals surface area contributed by atoms with Crippen molar-refractivity contribution in [3.8, 4) is 0 Å². The molecule has 4 nitrogen and oxygen atoms in total. The quantitative estimate of drug-likeness (QED) is 0.576. The topological polar surface area (TPSA) is 49.4 Å². The number of nitrogens with one attached hydrogen (secondary N) is 1. The van der Waals surface area contributed by atoms with Gasteiger partial charge in [-0.3, -0.25) is 19.8 Å². The van der Waals surface area contributed by atoms with Gasteiger partial charge in [0.1, 0.15) is 0 Å². The number of hydrogen-bond acceptors (Lipinski definition) is 3. The average Bonchev–Trinajstić information content (AvgIpc) is 2.29. The molecule has 94 valence electrons. The molecule has 0 bridgehead atoms. The fourth-order valence-electron chi connectivity index (χ4n) is 2.53. The summed E-state index contributed by atoms with van der Waals surface area (Å²) in [7, 11) is 0. The van der Waals surface area contributed by atoms with Crippen LogP contribution in [0, 0.1) is 5.92 Å². The lowest BCUT2D eigenvalue weighted by Crippen LogP contribution is -2.45. The Morgan fingerprint density at radius 3 is 2.82 bits per heavy atom. The number of imide groups is 1. The zero-order chi connectivity index (χ0) is 12.4. The van der Waals surface area contributed by atoms with E-state index in [9.17, 15) is 9.59 Å². The molecule has 1 atom stereocenters. The first-order valence-electron chi connectivity index (χ1n) is 6.34. The van der Waals surface area contributed by atoms with E-state index in [4.69, 9.17) is 0 Å². The maximum absolute atomic E-state index is 11.8. The van der Waals surface area contributed by atoms with E-state index in [1.54, 1.807) is 0 Å². The zero-order valence-electron chi connectivity index (χ0n) is 10.5. The highest BCUT2D eigenvalue weighted by Gasteiger charge is 2.31. The van der Waals surface area contributed by atoms with Crippen LogP contribution in [0.15, 0.2) is 11.6 Å². The van der Waals surface area contributed by atoms with Gasteiger partial charge < -0.3 is 0 Å². The Kier molecular flexibility index (Phi) is 3.62. The molecule has 0 aliphatic carbocycles. The summed E-state index contributed by atoms with van der Waals surface area (Å²) < 4.78 is 0. The summed E-state index contributed by atoms with van der Waals surface area (Å²) in [6.45, 7) is 6.28. The van der Waals surface area contributed by atoms with Gasteiger partial charge in [0.15, 0.2) is 0 Å². The second-order valence-electron chi connectivity index (χ2n) is 5.14. The SMILES string of the molecule is CC(C)N1CCC=C(C2CCC(=O)NC2=O)C1. The maximum Gasteiger partial charge on any atom is 0.233 e. The van der Waals surface area contributed by atoms with Crippen LogP contribution in [0.5, 0.6) is 0 Å². The van der Waals surface area contributed by atoms with Crippen molar-refractivity contribution >= 4 is 11.8 Å². The highest BCUT2D eigenvalue weighted by atomic mass is 16.2. The van der Waals surface area contributed by atoms with Crippen molar-refractivity contribution < 1.29 is 9.59 Å². The molecule has 0 aromatic carbocycles. The van der Waals surface area contributed by atoms with E-state index < -0.39 is 0 Å². The molecular formula is C13H20N2O2. The molecule has 17 heavy (non-hydrogen) atoms. The minimum absolute atomic E-state index is 0.0887.